The van der Waals surface area contributed by atoms with Crippen LogP contribution in [0, 0.1) is 0 Å². The molecule has 1 saturated heterocycles. The van der Waals surface area contributed by atoms with Crippen LogP contribution in [0.4, 0.5) is 0 Å². The summed E-state index contributed by atoms with van der Waals surface area (Å²) in [6, 6.07) is 7.25. The van der Waals surface area contributed by atoms with Crippen LogP contribution in [0.5, 0.6) is 5.75 Å². The number of nitrogens with zero attached hydrogens (tertiary/aromatic N) is 1. The minimum Gasteiger partial charge on any atom is -0.494 e. The molecular formula is C15H20ClNO3. The summed E-state index contributed by atoms with van der Waals surface area (Å²) >= 11 is 5.80. The normalized spacial score (nSPS) is 22.9. The lowest BCUT2D eigenvalue weighted by molar-refractivity contribution is -0.148. The summed E-state index contributed by atoms with van der Waals surface area (Å²) in [4.78, 5) is 13.4. The first kappa shape index (κ1) is 15.1. The van der Waals surface area contributed by atoms with Crippen molar-refractivity contribution in [2.24, 2.45) is 0 Å². The zero-order valence-electron chi connectivity index (χ0n) is 11.6. The highest BCUT2D eigenvalue weighted by Crippen LogP contribution is 2.29. The highest BCUT2D eigenvalue weighted by atomic mass is 35.5. The molecule has 20 heavy (non-hydrogen) atoms. The van der Waals surface area contributed by atoms with Gasteiger partial charge in [-0.15, -0.1) is 0 Å². The highest BCUT2D eigenvalue weighted by Gasteiger charge is 2.42. The van der Waals surface area contributed by atoms with Gasteiger partial charge in [0.15, 0.2) is 0 Å². The number of likely N-dealkylation sites (tertiary alicyclic amines) is 1. The van der Waals surface area contributed by atoms with Crippen LogP contribution in [-0.4, -0.2) is 41.2 Å². The summed E-state index contributed by atoms with van der Waals surface area (Å²) in [5, 5.41) is 10.0. The Morgan fingerprint density at radius 1 is 1.45 bits per heavy atom. The Morgan fingerprint density at radius 3 is 2.80 bits per heavy atom. The van der Waals surface area contributed by atoms with Crippen molar-refractivity contribution >= 4 is 17.6 Å². The Balaban J connectivity index is 1.76. The van der Waals surface area contributed by atoms with Gasteiger partial charge in [-0.3, -0.25) is 9.69 Å². The Kier molecular flexibility index (Phi) is 4.89. The lowest BCUT2D eigenvalue weighted by atomic mass is 9.99. The van der Waals surface area contributed by atoms with Gasteiger partial charge in [0.05, 0.1) is 6.61 Å². The molecule has 1 N–H and O–H groups in total. The summed E-state index contributed by atoms with van der Waals surface area (Å²) in [5.74, 6) is 0.0606. The zero-order chi connectivity index (χ0) is 14.6. The van der Waals surface area contributed by atoms with Gasteiger partial charge in [-0.1, -0.05) is 11.6 Å². The molecule has 0 bridgehead atoms. The maximum Gasteiger partial charge on any atom is 0.323 e. The average Bonchev–Trinajstić information content (AvgIpc) is 2.80. The first-order valence-electron chi connectivity index (χ1n) is 6.89. The van der Waals surface area contributed by atoms with E-state index in [2.05, 4.69) is 0 Å². The average molecular weight is 298 g/mol. The number of carbonyl (C=O) groups is 1. The van der Waals surface area contributed by atoms with Crippen LogP contribution in [0.1, 0.15) is 26.2 Å². The molecule has 1 fully saturated rings. The molecule has 1 aromatic rings. The monoisotopic (exact) mass is 297 g/mol. The number of halogens is 1. The summed E-state index contributed by atoms with van der Waals surface area (Å²) in [6.45, 7) is 3.98. The van der Waals surface area contributed by atoms with E-state index < -0.39 is 11.5 Å². The van der Waals surface area contributed by atoms with Crippen molar-refractivity contribution in [3.63, 3.8) is 0 Å². The molecule has 1 aromatic carbocycles. The van der Waals surface area contributed by atoms with Gasteiger partial charge < -0.3 is 9.84 Å². The van der Waals surface area contributed by atoms with Crippen molar-refractivity contribution in [2.45, 2.75) is 31.7 Å². The number of hydrogen-bond acceptors (Lipinski definition) is 3. The minimum atomic E-state index is -0.728. The first-order chi connectivity index (χ1) is 9.52. The fourth-order valence-corrected chi connectivity index (χ4v) is 2.72. The molecule has 1 atom stereocenters. The molecule has 110 valence electrons. The quantitative estimate of drug-likeness (QED) is 0.820. The summed E-state index contributed by atoms with van der Waals surface area (Å²) in [6.07, 6.45) is 2.48. The Labute approximate surface area is 124 Å². The van der Waals surface area contributed by atoms with E-state index >= 15 is 0 Å². The second-order valence-electron chi connectivity index (χ2n) is 5.33. The van der Waals surface area contributed by atoms with E-state index in [-0.39, 0.29) is 0 Å². The predicted octanol–water partition coefficient (Wildman–Crippen LogP) is 3.05. The highest BCUT2D eigenvalue weighted by molar-refractivity contribution is 6.30. The molecular weight excluding hydrogens is 278 g/mol. The van der Waals surface area contributed by atoms with E-state index in [0.29, 0.717) is 11.6 Å². The molecule has 2 rings (SSSR count). The summed E-state index contributed by atoms with van der Waals surface area (Å²) in [5.41, 5.74) is -0.708. The molecule has 1 heterocycles. The third-order valence-corrected chi connectivity index (χ3v) is 4.16. The number of ether oxygens (including phenoxy) is 1. The third-order valence-electron chi connectivity index (χ3n) is 3.91. The number of rotatable bonds is 6. The molecule has 0 spiro atoms. The van der Waals surface area contributed by atoms with Gasteiger partial charge in [0.2, 0.25) is 0 Å². The molecule has 0 radical (unpaired) electrons. The Bertz CT molecular complexity index is 463. The molecule has 0 amide bonds. The van der Waals surface area contributed by atoms with Crippen molar-refractivity contribution in [2.75, 3.05) is 19.7 Å². The predicted molar refractivity (Wildman–Crippen MR) is 78.4 cm³/mol. The van der Waals surface area contributed by atoms with Crippen LogP contribution in [0.3, 0.4) is 0 Å². The standard InChI is InChI=1S/C15H20ClNO3/c1-15(14(18)19)8-2-9-17(15)10-3-11-20-13-6-4-12(16)5-7-13/h4-7H,2-3,8-11H2,1H3,(H,18,19). The minimum absolute atomic E-state index is 0.577. The van der Waals surface area contributed by atoms with E-state index in [9.17, 15) is 9.90 Å². The van der Waals surface area contributed by atoms with E-state index in [0.717, 1.165) is 38.1 Å². The van der Waals surface area contributed by atoms with Gasteiger partial charge in [-0.05, 0) is 57.0 Å². The maximum atomic E-state index is 11.3. The fourth-order valence-electron chi connectivity index (χ4n) is 2.60. The van der Waals surface area contributed by atoms with Crippen LogP contribution >= 0.6 is 11.6 Å². The second-order valence-corrected chi connectivity index (χ2v) is 5.76. The van der Waals surface area contributed by atoms with Crippen LogP contribution in [0.2, 0.25) is 5.02 Å². The molecule has 0 aliphatic carbocycles. The number of benzene rings is 1. The van der Waals surface area contributed by atoms with Gasteiger partial charge >= 0.3 is 5.97 Å². The first-order valence-corrected chi connectivity index (χ1v) is 7.27. The topological polar surface area (TPSA) is 49.8 Å². The fraction of sp³-hybridized carbons (Fsp3) is 0.533. The van der Waals surface area contributed by atoms with Crippen molar-refractivity contribution in [3.8, 4) is 5.75 Å². The molecule has 0 saturated carbocycles. The van der Waals surface area contributed by atoms with E-state index in [1.807, 2.05) is 24.0 Å². The van der Waals surface area contributed by atoms with Crippen molar-refractivity contribution in [3.05, 3.63) is 29.3 Å². The van der Waals surface area contributed by atoms with E-state index in [1.54, 1.807) is 12.1 Å². The van der Waals surface area contributed by atoms with Gasteiger partial charge in [-0.25, -0.2) is 0 Å². The molecule has 0 aromatic heterocycles. The van der Waals surface area contributed by atoms with Crippen LogP contribution < -0.4 is 4.74 Å². The maximum absolute atomic E-state index is 11.3. The smallest absolute Gasteiger partial charge is 0.323 e. The molecule has 1 aliphatic rings. The van der Waals surface area contributed by atoms with Crippen LogP contribution in [-0.2, 0) is 4.79 Å². The Morgan fingerprint density at radius 2 is 2.15 bits per heavy atom. The van der Waals surface area contributed by atoms with Crippen molar-refractivity contribution in [1.82, 2.24) is 4.90 Å². The van der Waals surface area contributed by atoms with Crippen LogP contribution in [0.15, 0.2) is 24.3 Å². The number of hydrogen-bond donors (Lipinski definition) is 1. The molecule has 4 nitrogen and oxygen atoms in total. The lowest BCUT2D eigenvalue weighted by Gasteiger charge is -2.31. The summed E-state index contributed by atoms with van der Waals surface area (Å²) in [7, 11) is 0. The SMILES string of the molecule is CC1(C(=O)O)CCCN1CCCOc1ccc(Cl)cc1. The largest absolute Gasteiger partial charge is 0.494 e. The van der Waals surface area contributed by atoms with E-state index in [4.69, 9.17) is 16.3 Å². The Hall–Kier alpha value is -1.26. The van der Waals surface area contributed by atoms with Crippen molar-refractivity contribution < 1.29 is 14.6 Å². The lowest BCUT2D eigenvalue weighted by Crippen LogP contribution is -2.48. The number of aliphatic carboxylic acids is 1. The van der Waals surface area contributed by atoms with Gasteiger partial charge in [0.1, 0.15) is 11.3 Å². The van der Waals surface area contributed by atoms with Gasteiger partial charge in [0.25, 0.3) is 0 Å². The zero-order valence-corrected chi connectivity index (χ0v) is 12.4. The van der Waals surface area contributed by atoms with Crippen LogP contribution in [0.25, 0.3) is 0 Å². The van der Waals surface area contributed by atoms with Gasteiger partial charge in [0, 0.05) is 11.6 Å². The molecule has 1 unspecified atom stereocenters. The number of carboxylic acids is 1. The number of carboxylic acid groups (broad SMARTS) is 1. The third kappa shape index (κ3) is 3.44. The van der Waals surface area contributed by atoms with E-state index in [1.165, 1.54) is 0 Å². The molecule has 1 aliphatic heterocycles. The second kappa shape index (κ2) is 6.46. The van der Waals surface area contributed by atoms with Crippen molar-refractivity contribution in [1.29, 1.82) is 0 Å². The van der Waals surface area contributed by atoms with Gasteiger partial charge in [-0.2, -0.15) is 0 Å². The molecule has 5 heteroatoms. The summed E-state index contributed by atoms with van der Waals surface area (Å²) < 4.78 is 5.62.